The van der Waals surface area contributed by atoms with E-state index in [-0.39, 0.29) is 12.3 Å². The van der Waals surface area contributed by atoms with Crippen molar-refractivity contribution in [2.24, 2.45) is 5.73 Å². The summed E-state index contributed by atoms with van der Waals surface area (Å²) in [5.74, 6) is 0.662. The Bertz CT molecular complexity index is 828. The number of carbonyl (C=O) groups excluding carboxylic acids is 1. The van der Waals surface area contributed by atoms with E-state index in [2.05, 4.69) is 10.1 Å². The molecule has 0 saturated heterocycles. The van der Waals surface area contributed by atoms with Crippen molar-refractivity contribution >= 4 is 17.5 Å². The van der Waals surface area contributed by atoms with Crippen LogP contribution in [0, 0.1) is 0 Å². The van der Waals surface area contributed by atoms with Gasteiger partial charge in [-0.2, -0.15) is 4.98 Å². The van der Waals surface area contributed by atoms with Gasteiger partial charge in [0.1, 0.15) is 0 Å². The largest absolute Gasteiger partial charge is 0.369 e. The second-order valence-corrected chi connectivity index (χ2v) is 5.60. The minimum absolute atomic E-state index is 0.212. The maximum absolute atomic E-state index is 10.9. The zero-order valence-corrected chi connectivity index (χ0v) is 13.0. The molecule has 1 amide bonds. The van der Waals surface area contributed by atoms with Gasteiger partial charge in [0.05, 0.1) is 6.42 Å². The molecule has 0 aliphatic heterocycles. The molecule has 0 aliphatic carbocycles. The van der Waals surface area contributed by atoms with Crippen LogP contribution in [0.3, 0.4) is 0 Å². The highest BCUT2D eigenvalue weighted by atomic mass is 35.5. The standard InChI is InChI=1S/C17H14ClN3O2/c18-14-3-1-2-12(8-14)10-16-20-17(23-21-16)13-6-4-11(5-7-13)9-15(19)22/h1-8H,9-10H2,(H2,19,22). The Labute approximate surface area is 138 Å². The van der Waals surface area contributed by atoms with Gasteiger partial charge in [-0.1, -0.05) is 41.0 Å². The van der Waals surface area contributed by atoms with Crippen molar-refractivity contribution in [1.29, 1.82) is 0 Å². The van der Waals surface area contributed by atoms with Gasteiger partial charge in [0.25, 0.3) is 5.89 Å². The van der Waals surface area contributed by atoms with Crippen molar-refractivity contribution < 1.29 is 9.32 Å². The van der Waals surface area contributed by atoms with Crippen molar-refractivity contribution in [3.8, 4) is 11.5 Å². The lowest BCUT2D eigenvalue weighted by Gasteiger charge is -1.98. The van der Waals surface area contributed by atoms with Crippen LogP contribution in [0.2, 0.25) is 5.02 Å². The number of rotatable bonds is 5. The Morgan fingerprint density at radius 2 is 1.91 bits per heavy atom. The fourth-order valence-corrected chi connectivity index (χ4v) is 2.45. The second-order valence-electron chi connectivity index (χ2n) is 5.16. The summed E-state index contributed by atoms with van der Waals surface area (Å²) in [6, 6.07) is 14.8. The number of primary amides is 1. The SMILES string of the molecule is NC(=O)Cc1ccc(-c2nc(Cc3cccc(Cl)c3)no2)cc1. The molecule has 0 radical (unpaired) electrons. The predicted octanol–water partition coefficient (Wildman–Crippen LogP) is 3.01. The van der Waals surface area contributed by atoms with Gasteiger partial charge < -0.3 is 10.3 Å². The van der Waals surface area contributed by atoms with Crippen LogP contribution in [-0.2, 0) is 17.6 Å². The van der Waals surface area contributed by atoms with Crippen LogP contribution in [0.1, 0.15) is 17.0 Å². The summed E-state index contributed by atoms with van der Waals surface area (Å²) < 4.78 is 5.29. The molecule has 2 aromatic carbocycles. The lowest BCUT2D eigenvalue weighted by atomic mass is 10.1. The van der Waals surface area contributed by atoms with Crippen molar-refractivity contribution in [3.63, 3.8) is 0 Å². The fraction of sp³-hybridized carbons (Fsp3) is 0.118. The van der Waals surface area contributed by atoms with Gasteiger partial charge in [0, 0.05) is 17.0 Å². The van der Waals surface area contributed by atoms with E-state index in [1.165, 1.54) is 0 Å². The number of benzene rings is 2. The van der Waals surface area contributed by atoms with E-state index in [0.717, 1.165) is 16.7 Å². The molecule has 0 atom stereocenters. The molecule has 2 N–H and O–H groups in total. The highest BCUT2D eigenvalue weighted by molar-refractivity contribution is 6.30. The van der Waals surface area contributed by atoms with E-state index in [1.54, 1.807) is 0 Å². The molecule has 0 aliphatic rings. The lowest BCUT2D eigenvalue weighted by Crippen LogP contribution is -2.13. The summed E-state index contributed by atoms with van der Waals surface area (Å²) in [5.41, 5.74) is 7.83. The molecule has 3 rings (SSSR count). The molecule has 23 heavy (non-hydrogen) atoms. The fourth-order valence-electron chi connectivity index (χ4n) is 2.24. The van der Waals surface area contributed by atoms with E-state index in [1.807, 2.05) is 48.5 Å². The molecule has 3 aromatic rings. The third-order valence-electron chi connectivity index (χ3n) is 3.30. The maximum Gasteiger partial charge on any atom is 0.257 e. The van der Waals surface area contributed by atoms with E-state index in [0.29, 0.717) is 23.2 Å². The minimum Gasteiger partial charge on any atom is -0.369 e. The first-order valence-corrected chi connectivity index (χ1v) is 7.42. The average molecular weight is 328 g/mol. The molecule has 0 spiro atoms. The Kier molecular flexibility index (Phi) is 4.39. The predicted molar refractivity (Wildman–Crippen MR) is 86.9 cm³/mol. The van der Waals surface area contributed by atoms with E-state index in [9.17, 15) is 4.79 Å². The minimum atomic E-state index is -0.362. The van der Waals surface area contributed by atoms with Crippen LogP contribution in [-0.4, -0.2) is 16.0 Å². The van der Waals surface area contributed by atoms with Crippen molar-refractivity contribution in [2.75, 3.05) is 0 Å². The first-order chi connectivity index (χ1) is 11.1. The smallest absolute Gasteiger partial charge is 0.257 e. The quantitative estimate of drug-likeness (QED) is 0.781. The first kappa shape index (κ1) is 15.2. The maximum atomic E-state index is 10.9. The molecule has 116 valence electrons. The monoisotopic (exact) mass is 327 g/mol. The van der Waals surface area contributed by atoms with Crippen LogP contribution < -0.4 is 5.73 Å². The molecule has 0 bridgehead atoms. The average Bonchev–Trinajstić information content (AvgIpc) is 2.96. The van der Waals surface area contributed by atoms with Gasteiger partial charge in [0.2, 0.25) is 5.91 Å². The van der Waals surface area contributed by atoms with Crippen LogP contribution in [0.4, 0.5) is 0 Å². The Morgan fingerprint density at radius 3 is 2.61 bits per heavy atom. The first-order valence-electron chi connectivity index (χ1n) is 7.05. The van der Waals surface area contributed by atoms with E-state index >= 15 is 0 Å². The van der Waals surface area contributed by atoms with Crippen LogP contribution in [0.25, 0.3) is 11.5 Å². The zero-order valence-electron chi connectivity index (χ0n) is 12.2. The van der Waals surface area contributed by atoms with Gasteiger partial charge in [-0.25, -0.2) is 0 Å². The number of nitrogens with zero attached hydrogens (tertiary/aromatic N) is 2. The van der Waals surface area contributed by atoms with Crippen LogP contribution in [0.15, 0.2) is 53.1 Å². The number of carbonyl (C=O) groups is 1. The third-order valence-corrected chi connectivity index (χ3v) is 3.53. The molecule has 0 saturated carbocycles. The molecule has 0 unspecified atom stereocenters. The number of hydrogen-bond donors (Lipinski definition) is 1. The number of aromatic nitrogens is 2. The lowest BCUT2D eigenvalue weighted by molar-refractivity contribution is -0.117. The van der Waals surface area contributed by atoms with Crippen molar-refractivity contribution in [2.45, 2.75) is 12.8 Å². The Hall–Kier alpha value is -2.66. The molecular formula is C17H14ClN3O2. The molecular weight excluding hydrogens is 314 g/mol. The Balaban J connectivity index is 1.75. The topological polar surface area (TPSA) is 82.0 Å². The van der Waals surface area contributed by atoms with Crippen LogP contribution >= 0.6 is 11.6 Å². The normalized spacial score (nSPS) is 10.7. The highest BCUT2D eigenvalue weighted by Gasteiger charge is 2.10. The van der Waals surface area contributed by atoms with Gasteiger partial charge in [-0.05, 0) is 35.4 Å². The molecule has 1 aromatic heterocycles. The zero-order chi connectivity index (χ0) is 16.2. The number of nitrogens with two attached hydrogens (primary N) is 1. The number of hydrogen-bond acceptors (Lipinski definition) is 4. The van der Waals surface area contributed by atoms with Gasteiger partial charge in [-0.3, -0.25) is 4.79 Å². The van der Waals surface area contributed by atoms with Crippen molar-refractivity contribution in [3.05, 3.63) is 70.5 Å². The number of halogens is 1. The molecule has 1 heterocycles. The van der Waals surface area contributed by atoms with Gasteiger partial charge in [-0.15, -0.1) is 0 Å². The van der Waals surface area contributed by atoms with Gasteiger partial charge in [0.15, 0.2) is 5.82 Å². The summed E-state index contributed by atoms with van der Waals surface area (Å²) in [6.07, 6.45) is 0.758. The summed E-state index contributed by atoms with van der Waals surface area (Å²) in [7, 11) is 0. The van der Waals surface area contributed by atoms with Crippen molar-refractivity contribution in [1.82, 2.24) is 10.1 Å². The van der Waals surface area contributed by atoms with Gasteiger partial charge >= 0.3 is 0 Å². The molecule has 5 nitrogen and oxygen atoms in total. The third kappa shape index (κ3) is 3.96. The second kappa shape index (κ2) is 6.62. The summed E-state index contributed by atoms with van der Waals surface area (Å²) in [4.78, 5) is 15.3. The number of amides is 1. The molecule has 6 heteroatoms. The van der Waals surface area contributed by atoms with E-state index < -0.39 is 0 Å². The Morgan fingerprint density at radius 1 is 1.13 bits per heavy atom. The molecule has 0 fully saturated rings. The summed E-state index contributed by atoms with van der Waals surface area (Å²) in [5, 5.41) is 4.66. The highest BCUT2D eigenvalue weighted by Crippen LogP contribution is 2.19. The summed E-state index contributed by atoms with van der Waals surface area (Å²) in [6.45, 7) is 0. The van der Waals surface area contributed by atoms with E-state index in [4.69, 9.17) is 21.9 Å². The van der Waals surface area contributed by atoms with Crippen LogP contribution in [0.5, 0.6) is 0 Å². The summed E-state index contributed by atoms with van der Waals surface area (Å²) >= 11 is 5.97.